The van der Waals surface area contributed by atoms with Crippen LogP contribution in [0, 0.1) is 17.0 Å². The molecule has 1 aliphatic heterocycles. The van der Waals surface area contributed by atoms with Gasteiger partial charge in [-0.25, -0.2) is 0 Å². The number of amides is 1. The number of aryl methyl sites for hydroxylation is 2. The Hall–Kier alpha value is -3.92. The Kier molecular flexibility index (Phi) is 5.54. The maximum absolute atomic E-state index is 13.1. The van der Waals surface area contributed by atoms with Crippen molar-refractivity contribution in [2.75, 3.05) is 4.90 Å². The molecule has 1 saturated heterocycles. The number of nitro benzene ring substituents is 1. The lowest BCUT2D eigenvalue weighted by Crippen LogP contribution is -2.29. The first-order valence-electron chi connectivity index (χ1n) is 9.76. The maximum Gasteiger partial charge on any atom is 0.301 e. The van der Waals surface area contributed by atoms with Gasteiger partial charge < -0.3 is 5.11 Å². The number of benzene rings is 2. The molecular weight excluding hydrogens is 432 g/mol. The number of nitrogens with zero attached hydrogens (tertiary/aromatic N) is 4. The number of anilines is 1. The first-order valence-corrected chi connectivity index (χ1v) is 10.6. The zero-order chi connectivity index (χ0) is 23.0. The molecule has 1 amide bonds. The van der Waals surface area contributed by atoms with Crippen LogP contribution in [0.5, 0.6) is 0 Å². The standard InChI is InChI=1S/C22H18N4O5S/c1-3-16-23-24-22(32-16)25-18(14-5-4-6-15(11-14)26(30)31)17(20(28)21(25)29)19(27)13-9-7-12(2)8-10-13/h4-11,18,27H,3H2,1-2H3/b19-17+. The zero-order valence-electron chi connectivity index (χ0n) is 17.2. The highest BCUT2D eigenvalue weighted by atomic mass is 32.1. The Morgan fingerprint density at radius 2 is 1.91 bits per heavy atom. The minimum absolute atomic E-state index is 0.160. The summed E-state index contributed by atoms with van der Waals surface area (Å²) < 4.78 is 0. The van der Waals surface area contributed by atoms with Crippen LogP contribution >= 0.6 is 11.3 Å². The Morgan fingerprint density at radius 1 is 1.19 bits per heavy atom. The fourth-order valence-corrected chi connectivity index (χ4v) is 4.31. The second-order valence-electron chi connectivity index (χ2n) is 7.22. The molecule has 0 bridgehead atoms. The van der Waals surface area contributed by atoms with E-state index in [0.29, 0.717) is 22.6 Å². The quantitative estimate of drug-likeness (QED) is 0.205. The maximum atomic E-state index is 13.1. The van der Waals surface area contributed by atoms with Crippen LogP contribution in [0.1, 0.15) is 34.7 Å². The van der Waals surface area contributed by atoms with Crippen LogP contribution in [0.15, 0.2) is 54.1 Å². The molecule has 1 unspecified atom stereocenters. The fourth-order valence-electron chi connectivity index (χ4n) is 3.51. The van der Waals surface area contributed by atoms with Crippen LogP contribution in [-0.2, 0) is 16.0 Å². The lowest BCUT2D eigenvalue weighted by atomic mass is 9.95. The average Bonchev–Trinajstić information content (AvgIpc) is 3.36. The number of hydrogen-bond donors (Lipinski definition) is 1. The van der Waals surface area contributed by atoms with E-state index in [1.807, 2.05) is 13.8 Å². The van der Waals surface area contributed by atoms with Crippen LogP contribution in [0.3, 0.4) is 0 Å². The van der Waals surface area contributed by atoms with E-state index in [0.717, 1.165) is 21.8 Å². The number of hydrogen-bond acceptors (Lipinski definition) is 8. The molecule has 2 heterocycles. The van der Waals surface area contributed by atoms with Crippen molar-refractivity contribution in [3.8, 4) is 0 Å². The third-order valence-corrected chi connectivity index (χ3v) is 6.20. The van der Waals surface area contributed by atoms with Crippen molar-refractivity contribution >= 4 is 39.6 Å². The van der Waals surface area contributed by atoms with Crippen molar-refractivity contribution in [1.29, 1.82) is 0 Å². The van der Waals surface area contributed by atoms with Crippen LogP contribution in [-0.4, -0.2) is 31.9 Å². The van der Waals surface area contributed by atoms with E-state index in [2.05, 4.69) is 10.2 Å². The van der Waals surface area contributed by atoms with Gasteiger partial charge >= 0.3 is 5.91 Å². The number of Topliss-reactive ketones (excluding diaryl/α,β-unsaturated/α-hetero) is 1. The van der Waals surface area contributed by atoms with Gasteiger partial charge in [0.1, 0.15) is 10.8 Å². The van der Waals surface area contributed by atoms with E-state index in [4.69, 9.17) is 0 Å². The third kappa shape index (κ3) is 3.65. The van der Waals surface area contributed by atoms with Gasteiger partial charge in [0.25, 0.3) is 11.5 Å². The molecular formula is C22H18N4O5S. The summed E-state index contributed by atoms with van der Waals surface area (Å²) in [5.41, 5.74) is 1.26. The first kappa shape index (κ1) is 21.3. The van der Waals surface area contributed by atoms with Gasteiger partial charge in [-0.2, -0.15) is 0 Å². The summed E-state index contributed by atoms with van der Waals surface area (Å²) in [5.74, 6) is -2.13. The minimum Gasteiger partial charge on any atom is -0.507 e. The summed E-state index contributed by atoms with van der Waals surface area (Å²) in [6, 6.07) is 11.4. The van der Waals surface area contributed by atoms with E-state index >= 15 is 0 Å². The van der Waals surface area contributed by atoms with Crippen LogP contribution in [0.2, 0.25) is 0 Å². The topological polar surface area (TPSA) is 127 Å². The molecule has 32 heavy (non-hydrogen) atoms. The number of carbonyl (C=O) groups is 2. The van der Waals surface area contributed by atoms with Crippen LogP contribution < -0.4 is 4.90 Å². The van der Waals surface area contributed by atoms with E-state index in [-0.39, 0.29) is 22.2 Å². The average molecular weight is 450 g/mol. The van der Waals surface area contributed by atoms with Crippen molar-refractivity contribution in [3.63, 3.8) is 0 Å². The van der Waals surface area contributed by atoms with E-state index in [1.54, 1.807) is 30.3 Å². The molecule has 1 aliphatic rings. The van der Waals surface area contributed by atoms with Gasteiger partial charge in [-0.3, -0.25) is 24.6 Å². The van der Waals surface area contributed by atoms with E-state index in [1.165, 1.54) is 18.2 Å². The van der Waals surface area contributed by atoms with Gasteiger partial charge in [-0.1, -0.05) is 60.2 Å². The molecule has 9 nitrogen and oxygen atoms in total. The number of carbonyl (C=O) groups excluding carboxylic acids is 2. The molecule has 0 aliphatic carbocycles. The Bertz CT molecular complexity index is 1270. The highest BCUT2D eigenvalue weighted by Crippen LogP contribution is 2.43. The van der Waals surface area contributed by atoms with Crippen LogP contribution in [0.4, 0.5) is 10.8 Å². The fraction of sp³-hybridized carbons (Fsp3) is 0.182. The molecule has 4 rings (SSSR count). The smallest absolute Gasteiger partial charge is 0.301 e. The lowest BCUT2D eigenvalue weighted by molar-refractivity contribution is -0.384. The number of ketones is 1. The number of aliphatic hydroxyl groups excluding tert-OH is 1. The molecule has 1 atom stereocenters. The summed E-state index contributed by atoms with van der Waals surface area (Å²) in [4.78, 5) is 38.0. The number of aromatic nitrogens is 2. The van der Waals surface area contributed by atoms with Crippen molar-refractivity contribution in [2.24, 2.45) is 0 Å². The van der Waals surface area contributed by atoms with Crippen molar-refractivity contribution in [1.82, 2.24) is 10.2 Å². The normalized spacial score (nSPS) is 17.7. The minimum atomic E-state index is -1.09. The molecule has 162 valence electrons. The van der Waals surface area contributed by atoms with Gasteiger partial charge in [-0.05, 0) is 18.9 Å². The van der Waals surface area contributed by atoms with Gasteiger partial charge in [-0.15, -0.1) is 10.2 Å². The predicted octanol–water partition coefficient (Wildman–Crippen LogP) is 3.94. The predicted molar refractivity (Wildman–Crippen MR) is 118 cm³/mol. The summed E-state index contributed by atoms with van der Waals surface area (Å²) in [5, 5.41) is 31.3. The number of non-ortho nitro benzene ring substituents is 1. The summed E-state index contributed by atoms with van der Waals surface area (Å²) in [6.45, 7) is 3.76. The SMILES string of the molecule is CCc1nnc(N2C(=O)C(=O)/C(=C(/O)c3ccc(C)cc3)C2c2cccc([N+](=O)[O-])c2)s1. The number of rotatable bonds is 5. The molecule has 0 saturated carbocycles. The molecule has 0 spiro atoms. The third-order valence-electron chi connectivity index (χ3n) is 5.13. The monoisotopic (exact) mass is 450 g/mol. The molecule has 10 heteroatoms. The van der Waals surface area contributed by atoms with Crippen molar-refractivity contribution < 1.29 is 19.6 Å². The zero-order valence-corrected chi connectivity index (χ0v) is 18.0. The van der Waals surface area contributed by atoms with Crippen molar-refractivity contribution in [3.05, 3.63) is 85.9 Å². The van der Waals surface area contributed by atoms with E-state index < -0.39 is 22.7 Å². The molecule has 1 fully saturated rings. The van der Waals surface area contributed by atoms with Gasteiger partial charge in [0.15, 0.2) is 0 Å². The Labute approximate surface area is 186 Å². The van der Waals surface area contributed by atoms with Gasteiger partial charge in [0.05, 0.1) is 16.5 Å². The number of aliphatic hydroxyl groups is 1. The van der Waals surface area contributed by atoms with Crippen molar-refractivity contribution in [2.45, 2.75) is 26.3 Å². The molecule has 3 aromatic rings. The Morgan fingerprint density at radius 3 is 2.53 bits per heavy atom. The molecule has 1 N–H and O–H groups in total. The van der Waals surface area contributed by atoms with Gasteiger partial charge in [0.2, 0.25) is 5.13 Å². The molecule has 1 aromatic heterocycles. The summed E-state index contributed by atoms with van der Waals surface area (Å²) >= 11 is 1.15. The highest BCUT2D eigenvalue weighted by molar-refractivity contribution is 7.15. The Balaban J connectivity index is 1.95. The summed E-state index contributed by atoms with van der Waals surface area (Å²) in [7, 11) is 0. The number of nitro groups is 1. The van der Waals surface area contributed by atoms with Gasteiger partial charge in [0, 0.05) is 17.7 Å². The molecule has 2 aromatic carbocycles. The first-order chi connectivity index (χ1) is 15.3. The largest absolute Gasteiger partial charge is 0.507 e. The lowest BCUT2D eigenvalue weighted by Gasteiger charge is -2.22. The summed E-state index contributed by atoms with van der Waals surface area (Å²) in [6.07, 6.45) is 0.590. The van der Waals surface area contributed by atoms with E-state index in [9.17, 15) is 24.8 Å². The second-order valence-corrected chi connectivity index (χ2v) is 8.26. The highest BCUT2D eigenvalue weighted by Gasteiger charge is 2.48. The van der Waals surface area contributed by atoms with Crippen LogP contribution in [0.25, 0.3) is 5.76 Å². The second kappa shape index (κ2) is 8.31. The molecule has 0 radical (unpaired) electrons.